The second-order valence-electron chi connectivity index (χ2n) is 23.0. The number of non-ortho nitro benzene ring substituents is 2. The Morgan fingerprint density at radius 2 is 1.08 bits per heavy atom. The number of halogens is 5. The van der Waals surface area contributed by atoms with Gasteiger partial charge >= 0.3 is 41.8 Å². The van der Waals surface area contributed by atoms with Crippen LogP contribution in [0.4, 0.5) is 70.4 Å². The van der Waals surface area contributed by atoms with E-state index in [2.05, 4.69) is 113 Å². The third-order valence-corrected chi connectivity index (χ3v) is 18.9. The number of benzene rings is 2. The number of H-pyrrole nitrogens is 2. The SMILES string of the molecule is CN(c1ncnc2[nH]ccc12)C1CCC2(CCNCC2)CC1.COc1nsc(N)n1.COc1nsc(NC(=O)N2CCC3(CCC(N(C)c4ncnc5[nH]ccc45)CC3)CC2)n1.COc1nsc(NC(=O)Oc2ccc([N+](=O)[O-])cc2)n1.O=C(Cl)Oc1ccc([N+](=O)[O-])cc1.O=CC(F)(F)F.[2H]CF. The van der Waals surface area contributed by atoms with Gasteiger partial charge in [0.15, 0.2) is 0 Å². The molecule has 2 spiro atoms. The summed E-state index contributed by atoms with van der Waals surface area (Å²) in [6.07, 6.45) is 15.5. The van der Waals surface area contributed by atoms with Crippen LogP contribution in [0.1, 0.15) is 78.4 Å². The van der Waals surface area contributed by atoms with Crippen molar-refractivity contribution in [1.82, 2.24) is 68.2 Å². The van der Waals surface area contributed by atoms with Crippen LogP contribution in [-0.2, 0) is 4.79 Å². The van der Waals surface area contributed by atoms with E-state index in [-0.39, 0.29) is 46.1 Å². The Kier molecular flexibility index (Phi) is 29.3. The minimum atomic E-state index is -4.64. The standard InChI is InChI=1S/C21H28N8O2S.C17H25N5.C10H8N4O5S.C7H4ClNO4.C3H5N3OS.C2HF3O.CH3F/c1-28(17-15-5-10-22-16(15)23-13-24-17)14-3-6-21(7-4-14)8-11-29(12-9-21)20(30)26-19-25-18(31-2)27-32-19;1-22(16-14-4-9-19-15(14)20-12-21-16)13-2-5-17(6-3-13)7-10-18-11-8-17;1-18-8-11-9(20-13-8)12-10(15)19-7-4-2-6(3-5-7)14(16)17;8-7(10)13-6-3-1-5(2-4-6)9(11)12;1-7-3-5-2(4)8-6-3;3-2(4,5)1-6;1-2/h5,10,13-14H,3-4,6-9,11-12H2,1-2H3,(H,22,23,24)(H,25,26,27,30);4,9,12-13,18H,2-3,5-8,10-11H2,1H3,(H,19,20,21);2-5H,1H3,(H,11,12,13,15);1-4H;1H3,(H2,4,5,6);1H;1H3/i;;;;;;1D. The highest BCUT2D eigenvalue weighted by atomic mass is 35.5. The summed E-state index contributed by atoms with van der Waals surface area (Å²) in [4.78, 5) is 105. The summed E-state index contributed by atoms with van der Waals surface area (Å²) in [6, 6.07) is 16.0. The molecule has 2 saturated heterocycles. The van der Waals surface area contributed by atoms with Crippen LogP contribution >= 0.6 is 46.2 Å². The van der Waals surface area contributed by atoms with E-state index in [1.54, 1.807) is 12.7 Å². The van der Waals surface area contributed by atoms with E-state index in [9.17, 15) is 52.2 Å². The van der Waals surface area contributed by atoms with Gasteiger partial charge in [0.2, 0.25) is 21.7 Å². The third kappa shape index (κ3) is 23.9. The fourth-order valence-electron chi connectivity index (χ4n) is 11.7. The molecule has 2 aliphatic heterocycles. The number of anilines is 5. The zero-order chi connectivity index (χ0) is 75.4. The molecule has 7 aromatic heterocycles. The highest BCUT2D eigenvalue weighted by Gasteiger charge is 2.41. The number of aromatic amines is 2. The number of nitro groups is 2. The Morgan fingerprint density at radius 3 is 1.46 bits per heavy atom. The predicted octanol–water partition coefficient (Wildman–Crippen LogP) is 12.1. The number of ether oxygens (including phenoxy) is 5. The minimum absolute atomic E-state index is 0.0747. The summed E-state index contributed by atoms with van der Waals surface area (Å²) in [5.41, 5.74) is 6.85. The molecule has 2 aromatic carbocycles. The molecule has 42 heteroatoms. The summed E-state index contributed by atoms with van der Waals surface area (Å²) in [5.74, 6) is 2.41. The van der Waals surface area contributed by atoms with Crippen LogP contribution in [0.5, 0.6) is 29.5 Å². The molecule has 2 aliphatic carbocycles. The number of hydrogen-bond acceptors (Lipinski definition) is 30. The van der Waals surface area contributed by atoms with Crippen molar-refractivity contribution in [3.63, 3.8) is 0 Å². The highest BCUT2D eigenvalue weighted by molar-refractivity contribution is 7.10. The van der Waals surface area contributed by atoms with Gasteiger partial charge in [0.1, 0.15) is 47.1 Å². The summed E-state index contributed by atoms with van der Waals surface area (Å²) >= 11 is 8.10. The number of methoxy groups -OCH3 is 3. The number of alkyl halides is 4. The Balaban J connectivity index is 0.000000186. The topological polar surface area (TPSA) is 433 Å². The van der Waals surface area contributed by atoms with Crippen molar-refractivity contribution < 1.29 is 71.6 Å². The first-order valence-corrected chi connectivity index (χ1v) is 33.9. The lowest BCUT2D eigenvalue weighted by atomic mass is 9.67. The first kappa shape index (κ1) is 78.3. The number of piperidine rings is 2. The number of nitrogens with one attached hydrogen (secondary N) is 5. The van der Waals surface area contributed by atoms with Crippen molar-refractivity contribution in [2.75, 3.05) is 94.9 Å². The maximum absolute atomic E-state index is 12.6. The predicted molar refractivity (Wildman–Crippen MR) is 377 cm³/mol. The number of urea groups is 1. The van der Waals surface area contributed by atoms with Gasteiger partial charge in [-0.1, -0.05) is 0 Å². The minimum Gasteiger partial charge on any atom is -0.466 e. The number of rotatable bonds is 13. The van der Waals surface area contributed by atoms with Gasteiger partial charge in [0.25, 0.3) is 11.4 Å². The number of hydrogen-bond donors (Lipinski definition) is 6. The second-order valence-corrected chi connectivity index (χ2v) is 25.6. The fraction of sp³-hybridized carbons (Fsp3) is 0.443. The van der Waals surface area contributed by atoms with E-state index in [0.29, 0.717) is 39.2 Å². The number of nitrogens with zero attached hydrogens (tertiary/aromatic N) is 15. The van der Waals surface area contributed by atoms with Gasteiger partial charge in [0, 0.05) is 122 Å². The van der Waals surface area contributed by atoms with E-state index in [0.717, 1.165) is 107 Å². The number of amides is 3. The van der Waals surface area contributed by atoms with Crippen LogP contribution in [0.2, 0.25) is 0 Å². The van der Waals surface area contributed by atoms with E-state index < -0.39 is 41.0 Å². The molecule has 0 radical (unpaired) electrons. The number of aldehydes is 1. The summed E-state index contributed by atoms with van der Waals surface area (Å²) < 4.78 is 82.0. The van der Waals surface area contributed by atoms with Crippen molar-refractivity contribution in [3.05, 3.63) is 106 Å². The first-order chi connectivity index (χ1) is 49.8. The molecular weight excluding hydrogens is 1440 g/mol. The van der Waals surface area contributed by atoms with Crippen molar-refractivity contribution in [2.45, 2.75) is 95.3 Å². The average Bonchev–Trinajstić information content (AvgIpc) is 1.35. The lowest BCUT2D eigenvalue weighted by Gasteiger charge is -2.47. The number of likely N-dealkylation sites (tertiary alicyclic amines) is 1. The van der Waals surface area contributed by atoms with E-state index in [1.807, 2.05) is 23.4 Å². The Bertz CT molecular complexity index is 4190. The zero-order valence-corrected chi connectivity index (χ0v) is 59.2. The third-order valence-electron chi connectivity index (χ3n) is 17.1. The molecule has 0 bridgehead atoms. The highest BCUT2D eigenvalue weighted by Crippen LogP contribution is 2.47. The van der Waals surface area contributed by atoms with E-state index >= 15 is 0 Å². The van der Waals surface area contributed by atoms with Gasteiger partial charge in [-0.3, -0.25) is 40.0 Å². The Labute approximate surface area is 604 Å². The maximum Gasteiger partial charge on any atom is 0.446 e. The van der Waals surface area contributed by atoms with Gasteiger partial charge in [0.05, 0.1) is 50.5 Å². The molecule has 0 atom stereocenters. The van der Waals surface area contributed by atoms with Crippen molar-refractivity contribution in [2.24, 2.45) is 10.8 Å². The number of nitro benzene ring substituents is 2. The summed E-state index contributed by atoms with van der Waals surface area (Å²) in [7, 11) is 7.76. The van der Waals surface area contributed by atoms with Crippen LogP contribution in [0, 0.1) is 31.1 Å². The monoisotopic (exact) mass is 1520 g/mol. The number of carbonyl (C=O) groups is 4. The van der Waals surface area contributed by atoms with Crippen LogP contribution in [0.25, 0.3) is 22.1 Å². The molecule has 0 unspecified atom stereocenters. The Morgan fingerprint density at radius 1 is 0.670 bits per heavy atom. The van der Waals surface area contributed by atoms with Gasteiger partial charge in [-0.05, 0) is 137 Å². The second kappa shape index (κ2) is 38.6. The molecule has 554 valence electrons. The molecule has 9 aromatic rings. The van der Waals surface area contributed by atoms with Crippen LogP contribution in [0.15, 0.2) is 85.7 Å². The quantitative estimate of drug-likeness (QED) is 0.0205. The van der Waals surface area contributed by atoms with E-state index in [1.165, 1.54) is 134 Å². The van der Waals surface area contributed by atoms with Crippen LogP contribution < -0.4 is 55.2 Å². The zero-order valence-electron chi connectivity index (χ0n) is 57.0. The number of aromatic nitrogens is 12. The smallest absolute Gasteiger partial charge is 0.446 e. The van der Waals surface area contributed by atoms with Crippen molar-refractivity contribution in [1.29, 1.82) is 0 Å². The molecule has 103 heavy (non-hydrogen) atoms. The lowest BCUT2D eigenvalue weighted by Crippen LogP contribution is -2.47. The average molecular weight is 1520 g/mol. The number of carbonyl (C=O) groups excluding carboxylic acids is 4. The molecule has 13 rings (SSSR count). The van der Waals surface area contributed by atoms with E-state index in [4.69, 9.17) is 37.7 Å². The first-order valence-electron chi connectivity index (χ1n) is 31.9. The number of fused-ring (bicyclic) bond motifs is 2. The number of nitrogen functional groups attached to an aromatic ring is 1. The molecule has 4 aliphatic rings. The number of nitrogens with two attached hydrogens (primary N) is 1. The maximum atomic E-state index is 12.6. The van der Waals surface area contributed by atoms with Crippen LogP contribution in [-0.4, -0.2) is 184 Å². The van der Waals surface area contributed by atoms with Crippen LogP contribution in [0.3, 0.4) is 0 Å². The molecule has 3 amide bonds. The normalized spacial score (nSPS) is 15.2. The molecule has 34 nitrogen and oxygen atoms in total. The van der Waals surface area contributed by atoms with Gasteiger partial charge in [-0.2, -0.15) is 28.1 Å². The molecule has 4 fully saturated rings. The molecule has 9 heterocycles. The summed E-state index contributed by atoms with van der Waals surface area (Å²) in [6.45, 7) is 3.96. The Hall–Kier alpha value is -10.4. The molecular formula is C61H74ClF4N21O13S3. The largest absolute Gasteiger partial charge is 0.466 e. The fourth-order valence-corrected chi connectivity index (χ4v) is 13.3. The van der Waals surface area contributed by atoms with Crippen molar-refractivity contribution in [3.8, 4) is 29.5 Å². The lowest BCUT2D eigenvalue weighted by molar-refractivity contribution is -0.385. The van der Waals surface area contributed by atoms with Gasteiger partial charge in [-0.15, -0.1) is 13.1 Å². The van der Waals surface area contributed by atoms with Gasteiger partial charge < -0.3 is 59.4 Å². The van der Waals surface area contributed by atoms with Crippen molar-refractivity contribution >= 4 is 131 Å². The molecule has 7 N–H and O–H groups in total. The summed E-state index contributed by atoms with van der Waals surface area (Å²) in [5, 5.41) is 32.7. The van der Waals surface area contributed by atoms with Gasteiger partial charge in [-0.25, -0.2) is 34.3 Å². The molecule has 2 saturated carbocycles.